The number of nitrogens with zero attached hydrogens (tertiary/aromatic N) is 2. The lowest BCUT2D eigenvalue weighted by Gasteiger charge is -2.34. The van der Waals surface area contributed by atoms with E-state index in [0.29, 0.717) is 6.04 Å². The predicted molar refractivity (Wildman–Crippen MR) is 93.5 cm³/mol. The molecule has 4 heteroatoms. The second kappa shape index (κ2) is 8.28. The molecule has 0 saturated carbocycles. The monoisotopic (exact) mass is 353 g/mol. The highest BCUT2D eigenvalue weighted by Crippen LogP contribution is 2.21. The van der Waals surface area contributed by atoms with Gasteiger partial charge in [0.15, 0.2) is 0 Å². The molecule has 0 atom stereocenters. The van der Waals surface area contributed by atoms with Gasteiger partial charge in [0.05, 0.1) is 0 Å². The molecule has 0 aromatic heterocycles. The molecule has 1 aromatic carbocycles. The number of likely N-dealkylation sites (N-methyl/N-ethyl adjacent to an activating group) is 1. The number of piperazine rings is 1. The molecule has 118 valence electrons. The number of hydrogen-bond acceptors (Lipinski definition) is 3. The standard InChI is InChI=1S/C17H28BrN3/c1-4-20-7-9-21(10-8-20)13-16-6-5-15(11-17(16)18)12-19-14(2)3/h5-6,11,14,19H,4,7-10,12-13H2,1-3H3. The summed E-state index contributed by atoms with van der Waals surface area (Å²) in [6.45, 7) is 14.5. The Morgan fingerprint density at radius 1 is 1.14 bits per heavy atom. The summed E-state index contributed by atoms with van der Waals surface area (Å²) in [6.07, 6.45) is 0. The van der Waals surface area contributed by atoms with E-state index in [-0.39, 0.29) is 0 Å². The number of benzene rings is 1. The van der Waals surface area contributed by atoms with Gasteiger partial charge >= 0.3 is 0 Å². The van der Waals surface area contributed by atoms with Gasteiger partial charge < -0.3 is 10.2 Å². The van der Waals surface area contributed by atoms with Crippen molar-refractivity contribution in [2.75, 3.05) is 32.7 Å². The Balaban J connectivity index is 1.89. The highest BCUT2D eigenvalue weighted by Gasteiger charge is 2.16. The molecule has 0 radical (unpaired) electrons. The molecule has 0 bridgehead atoms. The second-order valence-electron chi connectivity index (χ2n) is 6.17. The Morgan fingerprint density at radius 2 is 1.81 bits per heavy atom. The van der Waals surface area contributed by atoms with E-state index in [4.69, 9.17) is 0 Å². The van der Waals surface area contributed by atoms with Crippen LogP contribution in [0, 0.1) is 0 Å². The third-order valence-electron chi connectivity index (χ3n) is 4.14. The lowest BCUT2D eigenvalue weighted by atomic mass is 10.1. The average Bonchev–Trinajstić information content (AvgIpc) is 2.48. The number of nitrogens with one attached hydrogen (secondary N) is 1. The molecule has 0 aliphatic carbocycles. The lowest BCUT2D eigenvalue weighted by Crippen LogP contribution is -2.45. The third-order valence-corrected chi connectivity index (χ3v) is 4.88. The van der Waals surface area contributed by atoms with Gasteiger partial charge in [-0.2, -0.15) is 0 Å². The zero-order valence-corrected chi connectivity index (χ0v) is 15.1. The molecule has 21 heavy (non-hydrogen) atoms. The summed E-state index contributed by atoms with van der Waals surface area (Å²) in [5.74, 6) is 0. The Hall–Kier alpha value is -0.420. The van der Waals surface area contributed by atoms with E-state index in [2.05, 4.69) is 70.0 Å². The first-order valence-electron chi connectivity index (χ1n) is 8.04. The molecular weight excluding hydrogens is 326 g/mol. The summed E-state index contributed by atoms with van der Waals surface area (Å²) in [4.78, 5) is 5.07. The minimum atomic E-state index is 0.526. The van der Waals surface area contributed by atoms with Gasteiger partial charge in [0, 0.05) is 49.8 Å². The van der Waals surface area contributed by atoms with Crippen molar-refractivity contribution in [3.63, 3.8) is 0 Å². The van der Waals surface area contributed by atoms with E-state index >= 15 is 0 Å². The van der Waals surface area contributed by atoms with Crippen molar-refractivity contribution in [2.24, 2.45) is 0 Å². The fourth-order valence-electron chi connectivity index (χ4n) is 2.66. The van der Waals surface area contributed by atoms with Crippen molar-refractivity contribution < 1.29 is 0 Å². The van der Waals surface area contributed by atoms with Crippen LogP contribution in [0.2, 0.25) is 0 Å². The summed E-state index contributed by atoms with van der Waals surface area (Å²) >= 11 is 3.74. The first-order chi connectivity index (χ1) is 10.1. The van der Waals surface area contributed by atoms with E-state index in [1.54, 1.807) is 0 Å². The SMILES string of the molecule is CCN1CCN(Cc2ccc(CNC(C)C)cc2Br)CC1. The van der Waals surface area contributed by atoms with E-state index in [0.717, 1.165) is 13.1 Å². The largest absolute Gasteiger partial charge is 0.310 e. The molecule has 1 aliphatic rings. The summed E-state index contributed by atoms with van der Waals surface area (Å²) in [5.41, 5.74) is 2.74. The topological polar surface area (TPSA) is 18.5 Å². The Labute approximate surface area is 137 Å². The van der Waals surface area contributed by atoms with Crippen molar-refractivity contribution in [3.05, 3.63) is 33.8 Å². The van der Waals surface area contributed by atoms with Gasteiger partial charge in [0.25, 0.3) is 0 Å². The maximum absolute atomic E-state index is 3.74. The van der Waals surface area contributed by atoms with Crippen LogP contribution >= 0.6 is 15.9 Å². The van der Waals surface area contributed by atoms with Gasteiger partial charge in [-0.25, -0.2) is 0 Å². The molecule has 0 unspecified atom stereocenters. The van der Waals surface area contributed by atoms with Crippen LogP contribution in [0.15, 0.2) is 22.7 Å². The van der Waals surface area contributed by atoms with Crippen molar-refractivity contribution in [1.82, 2.24) is 15.1 Å². The summed E-state index contributed by atoms with van der Waals surface area (Å²) in [6, 6.07) is 7.30. The van der Waals surface area contributed by atoms with Gasteiger partial charge in [-0.05, 0) is 23.7 Å². The van der Waals surface area contributed by atoms with Crippen LogP contribution in [-0.2, 0) is 13.1 Å². The highest BCUT2D eigenvalue weighted by atomic mass is 79.9. The normalized spacial score (nSPS) is 17.6. The first-order valence-corrected chi connectivity index (χ1v) is 8.83. The molecule has 1 fully saturated rings. The molecule has 0 amide bonds. The maximum Gasteiger partial charge on any atom is 0.0246 e. The van der Waals surface area contributed by atoms with Crippen molar-refractivity contribution >= 4 is 15.9 Å². The van der Waals surface area contributed by atoms with Crippen LogP contribution in [0.5, 0.6) is 0 Å². The predicted octanol–water partition coefficient (Wildman–Crippen LogP) is 3.08. The zero-order valence-electron chi connectivity index (χ0n) is 13.5. The molecule has 1 aliphatic heterocycles. The van der Waals surface area contributed by atoms with Gasteiger partial charge in [0.2, 0.25) is 0 Å². The maximum atomic E-state index is 3.74. The van der Waals surface area contributed by atoms with Crippen molar-refractivity contribution in [3.8, 4) is 0 Å². The minimum Gasteiger partial charge on any atom is -0.310 e. The van der Waals surface area contributed by atoms with Crippen LogP contribution in [0.25, 0.3) is 0 Å². The summed E-state index contributed by atoms with van der Waals surface area (Å²) in [5, 5.41) is 3.46. The molecule has 1 aromatic rings. The molecule has 1 saturated heterocycles. The fraction of sp³-hybridized carbons (Fsp3) is 0.647. The summed E-state index contributed by atoms with van der Waals surface area (Å²) in [7, 11) is 0. The van der Waals surface area contributed by atoms with Crippen LogP contribution in [0.4, 0.5) is 0 Å². The molecule has 2 rings (SSSR count). The molecule has 1 N–H and O–H groups in total. The minimum absolute atomic E-state index is 0.526. The van der Waals surface area contributed by atoms with Gasteiger partial charge in [-0.1, -0.05) is 48.8 Å². The number of hydrogen-bond donors (Lipinski definition) is 1. The molecular formula is C17H28BrN3. The van der Waals surface area contributed by atoms with Crippen molar-refractivity contribution in [1.29, 1.82) is 0 Å². The Kier molecular flexibility index (Phi) is 6.68. The Morgan fingerprint density at radius 3 is 2.38 bits per heavy atom. The van der Waals surface area contributed by atoms with Gasteiger partial charge in [-0.15, -0.1) is 0 Å². The summed E-state index contributed by atoms with van der Waals surface area (Å²) < 4.78 is 1.24. The second-order valence-corrected chi connectivity index (χ2v) is 7.03. The third kappa shape index (κ3) is 5.37. The molecule has 1 heterocycles. The zero-order chi connectivity index (χ0) is 15.2. The molecule has 0 spiro atoms. The van der Waals surface area contributed by atoms with Crippen LogP contribution < -0.4 is 5.32 Å². The van der Waals surface area contributed by atoms with E-state index < -0.39 is 0 Å². The quantitative estimate of drug-likeness (QED) is 0.847. The van der Waals surface area contributed by atoms with Gasteiger partial charge in [-0.3, -0.25) is 4.90 Å². The highest BCUT2D eigenvalue weighted by molar-refractivity contribution is 9.10. The van der Waals surface area contributed by atoms with Crippen molar-refractivity contribution in [2.45, 2.75) is 39.9 Å². The lowest BCUT2D eigenvalue weighted by molar-refractivity contribution is 0.132. The Bertz CT molecular complexity index is 440. The number of rotatable bonds is 6. The average molecular weight is 354 g/mol. The van der Waals surface area contributed by atoms with E-state index in [1.807, 2.05) is 0 Å². The van der Waals surface area contributed by atoms with Crippen LogP contribution in [-0.4, -0.2) is 48.6 Å². The first kappa shape index (κ1) is 16.9. The van der Waals surface area contributed by atoms with Crippen LogP contribution in [0.1, 0.15) is 31.9 Å². The molecule has 3 nitrogen and oxygen atoms in total. The van der Waals surface area contributed by atoms with E-state index in [9.17, 15) is 0 Å². The van der Waals surface area contributed by atoms with E-state index in [1.165, 1.54) is 48.3 Å². The fourth-order valence-corrected chi connectivity index (χ4v) is 3.21. The van der Waals surface area contributed by atoms with Crippen LogP contribution in [0.3, 0.4) is 0 Å². The number of halogens is 1. The van der Waals surface area contributed by atoms with Gasteiger partial charge in [0.1, 0.15) is 0 Å². The smallest absolute Gasteiger partial charge is 0.0246 e.